The van der Waals surface area contributed by atoms with Crippen LogP contribution >= 0.6 is 0 Å². The molecule has 1 N–H and O–H groups in total. The van der Waals surface area contributed by atoms with Crippen LogP contribution < -0.4 is 5.32 Å². The average molecular weight is 282 g/mol. The van der Waals surface area contributed by atoms with Crippen molar-refractivity contribution >= 4 is 11.8 Å². The molecule has 0 aromatic rings. The summed E-state index contributed by atoms with van der Waals surface area (Å²) >= 11 is 0. The molecular formula is C16H30N2O2. The van der Waals surface area contributed by atoms with Crippen molar-refractivity contribution in [2.45, 2.75) is 72.4 Å². The first-order valence-corrected chi connectivity index (χ1v) is 7.99. The molecule has 1 rings (SSSR count). The largest absolute Gasteiger partial charge is 0.342 e. The van der Waals surface area contributed by atoms with Crippen LogP contribution in [0.4, 0.5) is 0 Å². The zero-order chi connectivity index (χ0) is 15.3. The Balaban J connectivity index is 2.79. The fourth-order valence-corrected chi connectivity index (χ4v) is 2.86. The third kappa shape index (κ3) is 4.22. The van der Waals surface area contributed by atoms with Crippen LogP contribution in [-0.4, -0.2) is 35.3 Å². The first-order chi connectivity index (χ1) is 9.38. The quantitative estimate of drug-likeness (QED) is 0.780. The van der Waals surface area contributed by atoms with Gasteiger partial charge in [-0.3, -0.25) is 9.59 Å². The molecule has 4 nitrogen and oxygen atoms in total. The maximum absolute atomic E-state index is 12.6. The van der Waals surface area contributed by atoms with Crippen molar-refractivity contribution in [2.24, 2.45) is 11.8 Å². The second-order valence-corrected chi connectivity index (χ2v) is 6.61. The van der Waals surface area contributed by atoms with Gasteiger partial charge in [0.05, 0.1) is 0 Å². The van der Waals surface area contributed by atoms with Crippen molar-refractivity contribution in [3.63, 3.8) is 0 Å². The van der Waals surface area contributed by atoms with Crippen molar-refractivity contribution in [3.05, 3.63) is 0 Å². The molecule has 1 aliphatic rings. The third-order valence-electron chi connectivity index (χ3n) is 3.89. The fourth-order valence-electron chi connectivity index (χ4n) is 2.86. The Hall–Kier alpha value is -1.06. The van der Waals surface area contributed by atoms with Gasteiger partial charge in [-0.25, -0.2) is 0 Å². The first kappa shape index (κ1) is 17.0. The molecule has 2 amide bonds. The Kier molecular flexibility index (Phi) is 6.50. The topological polar surface area (TPSA) is 49.4 Å². The molecular weight excluding hydrogens is 252 g/mol. The molecule has 0 aliphatic carbocycles. The standard InChI is InChI=1S/C16H30N2O2/c1-6-8-13-16(20)18(10-7-9-11(2)3)14(12(4)5)15(19)17-13/h11-14H,6-10H2,1-5H3,(H,17,19). The highest BCUT2D eigenvalue weighted by atomic mass is 16.2. The maximum atomic E-state index is 12.6. The Bertz CT molecular complexity index is 339. The summed E-state index contributed by atoms with van der Waals surface area (Å²) < 4.78 is 0. The number of hydrogen-bond acceptors (Lipinski definition) is 2. The van der Waals surface area contributed by atoms with Crippen LogP contribution in [0.3, 0.4) is 0 Å². The number of hydrogen-bond donors (Lipinski definition) is 1. The molecule has 1 aliphatic heterocycles. The van der Waals surface area contributed by atoms with Gasteiger partial charge in [-0.15, -0.1) is 0 Å². The van der Waals surface area contributed by atoms with Gasteiger partial charge in [-0.1, -0.05) is 41.0 Å². The van der Waals surface area contributed by atoms with E-state index in [0.29, 0.717) is 12.5 Å². The van der Waals surface area contributed by atoms with Gasteiger partial charge >= 0.3 is 0 Å². The van der Waals surface area contributed by atoms with Gasteiger partial charge in [0.15, 0.2) is 0 Å². The lowest BCUT2D eigenvalue weighted by Gasteiger charge is -2.41. The Morgan fingerprint density at radius 3 is 2.35 bits per heavy atom. The monoisotopic (exact) mass is 282 g/mol. The van der Waals surface area contributed by atoms with Crippen LogP contribution in [-0.2, 0) is 9.59 Å². The highest BCUT2D eigenvalue weighted by Crippen LogP contribution is 2.20. The van der Waals surface area contributed by atoms with Gasteiger partial charge < -0.3 is 10.2 Å². The van der Waals surface area contributed by atoms with Gasteiger partial charge in [0.2, 0.25) is 11.8 Å². The molecule has 0 aromatic heterocycles. The number of carbonyl (C=O) groups excluding carboxylic acids is 2. The Morgan fingerprint density at radius 2 is 1.85 bits per heavy atom. The molecule has 0 radical (unpaired) electrons. The lowest BCUT2D eigenvalue weighted by molar-refractivity contribution is -0.151. The summed E-state index contributed by atoms with van der Waals surface area (Å²) in [5.41, 5.74) is 0. The third-order valence-corrected chi connectivity index (χ3v) is 3.89. The maximum Gasteiger partial charge on any atom is 0.245 e. The highest BCUT2D eigenvalue weighted by molar-refractivity contribution is 5.97. The van der Waals surface area contributed by atoms with E-state index >= 15 is 0 Å². The van der Waals surface area contributed by atoms with E-state index in [1.165, 1.54) is 0 Å². The van der Waals surface area contributed by atoms with Crippen molar-refractivity contribution in [1.29, 1.82) is 0 Å². The van der Waals surface area contributed by atoms with Gasteiger partial charge in [0.1, 0.15) is 12.1 Å². The van der Waals surface area contributed by atoms with Crippen molar-refractivity contribution in [3.8, 4) is 0 Å². The summed E-state index contributed by atoms with van der Waals surface area (Å²) in [6.45, 7) is 11.1. The summed E-state index contributed by atoms with van der Waals surface area (Å²) in [5.74, 6) is 0.907. The minimum absolute atomic E-state index is 0.0163. The van der Waals surface area contributed by atoms with E-state index in [1.807, 2.05) is 25.7 Å². The van der Waals surface area contributed by atoms with Gasteiger partial charge in [-0.05, 0) is 31.1 Å². The van der Waals surface area contributed by atoms with Crippen LogP contribution in [0.25, 0.3) is 0 Å². The average Bonchev–Trinajstić information content (AvgIpc) is 2.34. The summed E-state index contributed by atoms with van der Waals surface area (Å²) in [6.07, 6.45) is 3.70. The molecule has 1 fully saturated rings. The molecule has 0 saturated carbocycles. The molecule has 1 saturated heterocycles. The first-order valence-electron chi connectivity index (χ1n) is 7.99. The van der Waals surface area contributed by atoms with Crippen molar-refractivity contribution < 1.29 is 9.59 Å². The molecule has 20 heavy (non-hydrogen) atoms. The van der Waals surface area contributed by atoms with Crippen LogP contribution in [0, 0.1) is 11.8 Å². The van der Waals surface area contributed by atoms with E-state index < -0.39 is 0 Å². The fraction of sp³-hybridized carbons (Fsp3) is 0.875. The SMILES string of the molecule is CCCC1NC(=O)C(C(C)C)N(CCCC(C)C)C1=O. The molecule has 4 heteroatoms. The summed E-state index contributed by atoms with van der Waals surface area (Å²) in [6, 6.07) is -0.621. The van der Waals surface area contributed by atoms with Crippen molar-refractivity contribution in [1.82, 2.24) is 10.2 Å². The smallest absolute Gasteiger partial charge is 0.245 e. The molecule has 0 spiro atoms. The normalized spacial score (nSPS) is 23.6. The summed E-state index contributed by atoms with van der Waals surface area (Å²) in [4.78, 5) is 26.7. The zero-order valence-corrected chi connectivity index (χ0v) is 13.6. The van der Waals surface area contributed by atoms with E-state index in [2.05, 4.69) is 19.2 Å². The molecule has 2 unspecified atom stereocenters. The van der Waals surface area contributed by atoms with E-state index in [4.69, 9.17) is 0 Å². The second kappa shape index (κ2) is 7.65. The molecule has 1 heterocycles. The minimum atomic E-state index is -0.318. The Labute approximate surface area is 123 Å². The lowest BCUT2D eigenvalue weighted by Crippen LogP contribution is -2.64. The number of nitrogens with zero attached hydrogens (tertiary/aromatic N) is 1. The van der Waals surface area contributed by atoms with E-state index in [1.54, 1.807) is 0 Å². The van der Waals surface area contributed by atoms with Gasteiger partial charge in [0, 0.05) is 6.54 Å². The van der Waals surface area contributed by atoms with E-state index in [0.717, 1.165) is 25.7 Å². The molecule has 116 valence electrons. The predicted molar refractivity (Wildman–Crippen MR) is 81.2 cm³/mol. The summed E-state index contributed by atoms with van der Waals surface area (Å²) in [7, 11) is 0. The van der Waals surface area contributed by atoms with Crippen LogP contribution in [0.1, 0.15) is 60.3 Å². The number of carbonyl (C=O) groups is 2. The lowest BCUT2D eigenvalue weighted by atomic mass is 9.95. The molecule has 2 atom stereocenters. The van der Waals surface area contributed by atoms with Crippen molar-refractivity contribution in [2.75, 3.05) is 6.54 Å². The van der Waals surface area contributed by atoms with E-state index in [9.17, 15) is 9.59 Å². The van der Waals surface area contributed by atoms with Gasteiger partial charge in [0.25, 0.3) is 0 Å². The summed E-state index contributed by atoms with van der Waals surface area (Å²) in [5, 5.41) is 2.90. The molecule has 0 aromatic carbocycles. The van der Waals surface area contributed by atoms with Gasteiger partial charge in [-0.2, -0.15) is 0 Å². The number of rotatable bonds is 7. The predicted octanol–water partition coefficient (Wildman–Crippen LogP) is 2.57. The number of amides is 2. The van der Waals surface area contributed by atoms with Crippen LogP contribution in [0.15, 0.2) is 0 Å². The van der Waals surface area contributed by atoms with Crippen LogP contribution in [0.5, 0.6) is 0 Å². The highest BCUT2D eigenvalue weighted by Gasteiger charge is 2.40. The second-order valence-electron chi connectivity index (χ2n) is 6.61. The zero-order valence-electron chi connectivity index (χ0n) is 13.6. The Morgan fingerprint density at radius 1 is 1.20 bits per heavy atom. The van der Waals surface area contributed by atoms with Crippen LogP contribution in [0.2, 0.25) is 0 Å². The molecule has 0 bridgehead atoms. The van der Waals surface area contributed by atoms with E-state index in [-0.39, 0.29) is 29.8 Å². The minimum Gasteiger partial charge on any atom is -0.342 e. The number of nitrogens with one attached hydrogen (secondary N) is 1. The number of piperazine rings is 1.